The zero-order chi connectivity index (χ0) is 28.0. The summed E-state index contributed by atoms with van der Waals surface area (Å²) >= 11 is -2.89. The van der Waals surface area contributed by atoms with E-state index in [9.17, 15) is 0 Å². The van der Waals surface area contributed by atoms with Crippen molar-refractivity contribution in [1.29, 1.82) is 0 Å². The second kappa shape index (κ2) is 16.9. The van der Waals surface area contributed by atoms with Crippen LogP contribution in [0.2, 0.25) is 13.3 Å². The van der Waals surface area contributed by atoms with Gasteiger partial charge in [-0.3, -0.25) is 0 Å². The fraction of sp³-hybridized carbons (Fsp3) is 0.633. The van der Waals surface area contributed by atoms with Gasteiger partial charge in [0, 0.05) is 0 Å². The Labute approximate surface area is 233 Å². The molecule has 0 spiro atoms. The summed E-state index contributed by atoms with van der Waals surface area (Å²) in [5.74, 6) is 1.22. The number of ether oxygens (including phenoxy) is 1. The average molecular weight is 636 g/mol. The van der Waals surface area contributed by atoms with Crippen LogP contribution in [0.5, 0.6) is 5.75 Å². The predicted octanol–water partition coefficient (Wildman–Crippen LogP) is 8.77. The molecule has 0 aliphatic rings. The first-order valence-electron chi connectivity index (χ1n) is 14.3. The third-order valence-corrected chi connectivity index (χ3v) is 23.2. The van der Waals surface area contributed by atoms with Gasteiger partial charge in [-0.2, -0.15) is 0 Å². The van der Waals surface area contributed by atoms with Gasteiger partial charge in [-0.25, -0.2) is 0 Å². The van der Waals surface area contributed by atoms with Crippen molar-refractivity contribution < 1.29 is 18.5 Å². The summed E-state index contributed by atoms with van der Waals surface area (Å²) in [4.78, 5) is 9.15. The quantitative estimate of drug-likeness (QED) is 0.0709. The molecule has 1 aromatic heterocycles. The summed E-state index contributed by atoms with van der Waals surface area (Å²) in [5, 5.41) is 7.54. The van der Waals surface area contributed by atoms with Crippen molar-refractivity contribution in [1.82, 2.24) is 10.1 Å². The van der Waals surface area contributed by atoms with Gasteiger partial charge in [0.05, 0.1) is 0 Å². The molecule has 0 N–H and O–H groups in total. The Morgan fingerprint density at radius 3 is 2.13 bits per heavy atom. The van der Waals surface area contributed by atoms with Crippen LogP contribution in [0, 0.1) is 13.8 Å². The van der Waals surface area contributed by atoms with E-state index in [0.717, 1.165) is 30.4 Å². The van der Waals surface area contributed by atoms with E-state index < -0.39 is 24.3 Å². The molecule has 0 fully saturated rings. The summed E-state index contributed by atoms with van der Waals surface area (Å²) in [6, 6.07) is 4.15. The van der Waals surface area contributed by atoms with Crippen LogP contribution in [0.3, 0.4) is 0 Å². The molecule has 0 saturated heterocycles. The maximum atomic E-state index is 15.1. The molecule has 6 nitrogen and oxygen atoms in total. The van der Waals surface area contributed by atoms with Crippen LogP contribution < -0.4 is 4.74 Å². The van der Waals surface area contributed by atoms with Crippen LogP contribution in [-0.4, -0.2) is 48.7 Å². The van der Waals surface area contributed by atoms with E-state index in [1.54, 1.807) is 7.11 Å². The van der Waals surface area contributed by atoms with E-state index in [4.69, 9.17) is 14.1 Å². The van der Waals surface area contributed by atoms with Crippen molar-refractivity contribution >= 4 is 27.9 Å². The van der Waals surface area contributed by atoms with Crippen LogP contribution in [0.25, 0.3) is 3.59 Å². The molecule has 0 atom stereocenters. The second-order valence-electron chi connectivity index (χ2n) is 10.3. The molecule has 1 heterocycles. The summed E-state index contributed by atoms with van der Waals surface area (Å²) in [6.07, 6.45) is 12.5. The van der Waals surface area contributed by atoms with Crippen molar-refractivity contribution in [3.8, 4) is 5.75 Å². The molecular formula is C30H48FN3O3Sn. The summed E-state index contributed by atoms with van der Waals surface area (Å²) in [5.41, 5.74) is 2.40. The van der Waals surface area contributed by atoms with Crippen LogP contribution in [0.1, 0.15) is 101 Å². The Morgan fingerprint density at radius 2 is 1.63 bits per heavy atom. The van der Waals surface area contributed by atoms with Gasteiger partial charge in [-0.15, -0.1) is 0 Å². The molecule has 0 aliphatic carbocycles. The number of hydrogen-bond donors (Lipinski definition) is 0. The molecule has 2 rings (SSSR count). The Morgan fingerprint density at radius 1 is 1.00 bits per heavy atom. The molecular weight excluding hydrogens is 588 g/mol. The van der Waals surface area contributed by atoms with E-state index in [2.05, 4.69) is 48.2 Å². The second-order valence-corrected chi connectivity index (χ2v) is 23.4. The number of halogens is 1. The molecule has 0 bridgehead atoms. The number of rotatable bonds is 18. The van der Waals surface area contributed by atoms with Crippen LogP contribution in [-0.2, 0) is 11.3 Å². The Balaban J connectivity index is 2.65. The van der Waals surface area contributed by atoms with Crippen molar-refractivity contribution in [3.63, 3.8) is 0 Å². The van der Waals surface area contributed by atoms with E-state index in [1.807, 2.05) is 19.9 Å². The number of hydrogen-bond acceptors (Lipinski definition) is 6. The third kappa shape index (κ3) is 9.09. The summed E-state index contributed by atoms with van der Waals surface area (Å²) in [7, 11) is 2.94. The number of aromatic nitrogens is 2. The minimum atomic E-state index is -2.89. The number of unbranched alkanes of at least 4 members (excludes halogenated alkanes) is 4. The van der Waals surface area contributed by atoms with Crippen LogP contribution in [0.4, 0.5) is 4.39 Å². The van der Waals surface area contributed by atoms with Crippen molar-refractivity contribution in [2.24, 2.45) is 5.16 Å². The third-order valence-electron chi connectivity index (χ3n) is 7.29. The van der Waals surface area contributed by atoms with Crippen LogP contribution >= 0.6 is 0 Å². The molecule has 38 heavy (non-hydrogen) atoms. The van der Waals surface area contributed by atoms with E-state index in [1.165, 1.54) is 62.5 Å². The monoisotopic (exact) mass is 637 g/mol. The van der Waals surface area contributed by atoms with Gasteiger partial charge in [0.2, 0.25) is 0 Å². The summed E-state index contributed by atoms with van der Waals surface area (Å²) < 4.78 is 31.6. The number of methoxy groups -OCH3 is 1. The molecule has 8 heteroatoms. The first-order chi connectivity index (χ1) is 18.3. The molecule has 1 aromatic carbocycles. The summed E-state index contributed by atoms with van der Waals surface area (Å²) in [6.45, 7) is 10.7. The zero-order valence-electron chi connectivity index (χ0n) is 24.7. The van der Waals surface area contributed by atoms with Gasteiger partial charge < -0.3 is 0 Å². The number of nitrogens with zero attached hydrogens (tertiary/aromatic N) is 3. The van der Waals surface area contributed by atoms with Gasteiger partial charge in [-0.1, -0.05) is 0 Å². The standard InChI is InChI=1S/C18H21FN3O3.3C4H9.Sn/c1-12-10-14(11-15(17(12)23-3)18(19)22-24-4)8-6-5-7-9-16-20-13(2)21-25-16;3*1-3-4-2;/h6,10-11H,5,7,9H2,1-4H3;3*1,3-4H2,2H3;/b8-6?,22-18-;;;;. The molecule has 0 unspecified atom stereocenters. The van der Waals surface area contributed by atoms with Crippen molar-refractivity contribution in [2.75, 3.05) is 14.2 Å². The van der Waals surface area contributed by atoms with Gasteiger partial charge in [0.25, 0.3) is 0 Å². The average Bonchev–Trinajstić information content (AvgIpc) is 3.33. The normalized spacial score (nSPS) is 12.7. The molecule has 0 radical (unpaired) electrons. The first-order valence-corrected chi connectivity index (χ1v) is 21.8. The molecule has 0 amide bonds. The van der Waals surface area contributed by atoms with Gasteiger partial charge in [0.1, 0.15) is 0 Å². The van der Waals surface area contributed by atoms with E-state index >= 15 is 4.39 Å². The number of aryl methyl sites for hydroxylation is 3. The van der Waals surface area contributed by atoms with Crippen LogP contribution in [0.15, 0.2) is 27.9 Å². The number of allylic oxidation sites excluding steroid dienone is 1. The molecule has 0 saturated carbocycles. The SMILES string of the molecule is CCC[CH2][Sn]([CH2]CCC)([CH2]CCC)/[C](=C/CCCc1nc(C)no1)c1cc(C)c(OC)c(/C(F)=N/OC)c1. The maximum absolute atomic E-state index is 15.1. The van der Waals surface area contributed by atoms with E-state index in [0.29, 0.717) is 23.0 Å². The molecule has 212 valence electrons. The minimum absolute atomic E-state index is 0.359. The zero-order valence-corrected chi connectivity index (χ0v) is 27.5. The molecule has 0 aliphatic heterocycles. The van der Waals surface area contributed by atoms with Crippen molar-refractivity contribution in [2.45, 2.75) is 106 Å². The fourth-order valence-electron chi connectivity index (χ4n) is 5.39. The molecule has 2 aromatic rings. The number of oxime groups is 1. The first kappa shape index (κ1) is 32.3. The van der Waals surface area contributed by atoms with Gasteiger partial charge in [0.15, 0.2) is 0 Å². The predicted molar refractivity (Wildman–Crippen MR) is 157 cm³/mol. The van der Waals surface area contributed by atoms with Crippen molar-refractivity contribution in [3.05, 3.63) is 46.6 Å². The Hall–Kier alpha value is -1.90. The fourth-order valence-corrected chi connectivity index (χ4v) is 22.5. The number of benzene rings is 1. The van der Waals surface area contributed by atoms with Gasteiger partial charge in [-0.05, 0) is 0 Å². The topological polar surface area (TPSA) is 69.7 Å². The Bertz CT molecular complexity index is 1030. The Kier molecular flexibility index (Phi) is 14.4. The van der Waals surface area contributed by atoms with E-state index in [-0.39, 0.29) is 0 Å². The van der Waals surface area contributed by atoms with Gasteiger partial charge >= 0.3 is 234 Å².